The van der Waals surface area contributed by atoms with Gasteiger partial charge in [-0.15, -0.1) is 0 Å². The van der Waals surface area contributed by atoms with Crippen molar-refractivity contribution in [2.24, 2.45) is 0 Å². The summed E-state index contributed by atoms with van der Waals surface area (Å²) in [6.45, 7) is 2.68. The second-order valence-corrected chi connectivity index (χ2v) is 4.72. The summed E-state index contributed by atoms with van der Waals surface area (Å²) >= 11 is 1.48. The topological polar surface area (TPSA) is 54.0 Å². The number of anilines is 2. The lowest BCUT2D eigenvalue weighted by molar-refractivity contribution is 0.102. The van der Waals surface area contributed by atoms with E-state index in [0.717, 1.165) is 12.6 Å². The summed E-state index contributed by atoms with van der Waals surface area (Å²) in [4.78, 5) is 16.0. The molecular weight excluding hydrogens is 265 g/mol. The minimum absolute atomic E-state index is 0.208. The molecule has 0 aliphatic heterocycles. The van der Waals surface area contributed by atoms with Gasteiger partial charge in [0.2, 0.25) is 0 Å². The van der Waals surface area contributed by atoms with Gasteiger partial charge in [0.25, 0.3) is 5.91 Å². The maximum absolute atomic E-state index is 13.2. The van der Waals surface area contributed by atoms with E-state index in [4.69, 9.17) is 0 Å². The van der Waals surface area contributed by atoms with Gasteiger partial charge < -0.3 is 10.6 Å². The molecule has 0 aromatic carbocycles. The highest BCUT2D eigenvalue weighted by molar-refractivity contribution is 7.08. The van der Waals surface area contributed by atoms with Crippen molar-refractivity contribution in [3.8, 4) is 0 Å². The Labute approximate surface area is 114 Å². The summed E-state index contributed by atoms with van der Waals surface area (Å²) in [6.07, 6.45) is 1.99. The van der Waals surface area contributed by atoms with Crippen LogP contribution in [0.5, 0.6) is 0 Å². The van der Waals surface area contributed by atoms with Crippen molar-refractivity contribution in [1.29, 1.82) is 0 Å². The van der Waals surface area contributed by atoms with Crippen LogP contribution >= 0.6 is 11.3 Å². The number of aromatic nitrogens is 1. The Bertz CT molecular complexity index is 557. The molecule has 2 heterocycles. The maximum Gasteiger partial charge on any atom is 0.259 e. The van der Waals surface area contributed by atoms with Crippen LogP contribution in [0.2, 0.25) is 0 Å². The van der Waals surface area contributed by atoms with Crippen LogP contribution in [0.4, 0.5) is 15.9 Å². The summed E-state index contributed by atoms with van der Waals surface area (Å²) in [5.74, 6) is -0.502. The van der Waals surface area contributed by atoms with Crippen molar-refractivity contribution in [3.63, 3.8) is 0 Å². The summed E-state index contributed by atoms with van der Waals surface area (Å²) in [7, 11) is 0. The predicted molar refractivity (Wildman–Crippen MR) is 75.2 cm³/mol. The first-order valence-corrected chi connectivity index (χ1v) is 6.88. The zero-order valence-electron chi connectivity index (χ0n) is 10.4. The highest BCUT2D eigenvalue weighted by Crippen LogP contribution is 2.18. The molecule has 0 aliphatic rings. The van der Waals surface area contributed by atoms with E-state index in [0.29, 0.717) is 18.1 Å². The van der Waals surface area contributed by atoms with Crippen LogP contribution in [-0.4, -0.2) is 17.4 Å². The number of rotatable bonds is 5. The van der Waals surface area contributed by atoms with E-state index in [-0.39, 0.29) is 11.5 Å². The first-order valence-electron chi connectivity index (χ1n) is 5.93. The lowest BCUT2D eigenvalue weighted by atomic mass is 10.2. The van der Waals surface area contributed by atoms with Gasteiger partial charge in [0, 0.05) is 11.9 Å². The standard InChI is InChI=1S/C13H14FN3OS/c1-2-4-15-12-11(6-9(14)7-16-12)13(18)17-10-3-5-19-8-10/h3,5-8H,2,4H2,1H3,(H,15,16)(H,17,18). The van der Waals surface area contributed by atoms with Crippen molar-refractivity contribution in [2.45, 2.75) is 13.3 Å². The molecule has 2 aromatic heterocycles. The number of hydrogen-bond donors (Lipinski definition) is 2. The number of hydrogen-bond acceptors (Lipinski definition) is 4. The second kappa shape index (κ2) is 6.29. The minimum atomic E-state index is -0.530. The van der Waals surface area contributed by atoms with Gasteiger partial charge in [0.05, 0.1) is 17.4 Å². The Hall–Kier alpha value is -1.95. The van der Waals surface area contributed by atoms with Crippen LogP contribution in [0.25, 0.3) is 0 Å². The van der Waals surface area contributed by atoms with Crippen LogP contribution < -0.4 is 10.6 Å². The van der Waals surface area contributed by atoms with Gasteiger partial charge in [-0.05, 0) is 23.9 Å². The van der Waals surface area contributed by atoms with E-state index in [2.05, 4.69) is 15.6 Å². The number of carbonyl (C=O) groups excluding carboxylic acids is 1. The number of pyridine rings is 1. The van der Waals surface area contributed by atoms with Crippen LogP contribution in [-0.2, 0) is 0 Å². The van der Waals surface area contributed by atoms with Gasteiger partial charge in [-0.1, -0.05) is 6.92 Å². The molecule has 0 unspecified atom stereocenters. The number of nitrogens with zero attached hydrogens (tertiary/aromatic N) is 1. The third-order valence-electron chi connectivity index (χ3n) is 2.42. The predicted octanol–water partition coefficient (Wildman–Crippen LogP) is 3.36. The molecule has 4 nitrogen and oxygen atoms in total. The van der Waals surface area contributed by atoms with Crippen LogP contribution in [0, 0.1) is 5.82 Å². The Morgan fingerprint density at radius 2 is 2.37 bits per heavy atom. The van der Waals surface area contributed by atoms with Crippen molar-refractivity contribution >= 4 is 28.7 Å². The Balaban J connectivity index is 2.21. The molecule has 2 rings (SSSR count). The number of amides is 1. The largest absolute Gasteiger partial charge is 0.369 e. The van der Waals surface area contributed by atoms with Gasteiger partial charge >= 0.3 is 0 Å². The van der Waals surface area contributed by atoms with Gasteiger partial charge in [0.1, 0.15) is 11.6 Å². The molecule has 6 heteroatoms. The van der Waals surface area contributed by atoms with E-state index >= 15 is 0 Å². The number of thiophene rings is 1. The first kappa shape index (κ1) is 13.5. The normalized spacial score (nSPS) is 10.2. The lowest BCUT2D eigenvalue weighted by Gasteiger charge is -2.10. The molecule has 0 aliphatic carbocycles. The van der Waals surface area contributed by atoms with E-state index in [9.17, 15) is 9.18 Å². The fourth-order valence-corrected chi connectivity index (χ4v) is 2.12. The molecule has 19 heavy (non-hydrogen) atoms. The zero-order chi connectivity index (χ0) is 13.7. The van der Waals surface area contributed by atoms with E-state index in [1.54, 1.807) is 6.07 Å². The summed E-state index contributed by atoms with van der Waals surface area (Å²) in [6, 6.07) is 2.97. The van der Waals surface area contributed by atoms with Crippen molar-refractivity contribution in [2.75, 3.05) is 17.2 Å². The first-order chi connectivity index (χ1) is 9.20. The fourth-order valence-electron chi connectivity index (χ4n) is 1.53. The molecule has 0 radical (unpaired) electrons. The Kier molecular flexibility index (Phi) is 4.46. The average Bonchev–Trinajstić information content (AvgIpc) is 2.90. The minimum Gasteiger partial charge on any atom is -0.369 e. The fraction of sp³-hybridized carbons (Fsp3) is 0.231. The lowest BCUT2D eigenvalue weighted by Crippen LogP contribution is -2.16. The molecule has 1 amide bonds. The molecule has 2 N–H and O–H groups in total. The highest BCUT2D eigenvalue weighted by atomic mass is 32.1. The molecule has 0 saturated heterocycles. The third-order valence-corrected chi connectivity index (χ3v) is 3.10. The number of carbonyl (C=O) groups is 1. The second-order valence-electron chi connectivity index (χ2n) is 3.94. The quantitative estimate of drug-likeness (QED) is 0.882. The van der Waals surface area contributed by atoms with Gasteiger partial charge in [-0.3, -0.25) is 4.79 Å². The van der Waals surface area contributed by atoms with Crippen molar-refractivity contribution < 1.29 is 9.18 Å². The smallest absolute Gasteiger partial charge is 0.259 e. The van der Waals surface area contributed by atoms with Gasteiger partial charge in [0.15, 0.2) is 0 Å². The van der Waals surface area contributed by atoms with Gasteiger partial charge in [-0.2, -0.15) is 11.3 Å². The maximum atomic E-state index is 13.2. The molecule has 0 spiro atoms. The number of nitrogens with one attached hydrogen (secondary N) is 2. The molecule has 0 bridgehead atoms. The molecular formula is C13H14FN3OS. The van der Waals surface area contributed by atoms with E-state index in [1.165, 1.54) is 17.4 Å². The highest BCUT2D eigenvalue weighted by Gasteiger charge is 2.14. The molecule has 0 atom stereocenters. The number of halogens is 1. The van der Waals surface area contributed by atoms with Crippen LogP contribution in [0.15, 0.2) is 29.1 Å². The average molecular weight is 279 g/mol. The van der Waals surface area contributed by atoms with Crippen LogP contribution in [0.3, 0.4) is 0 Å². The molecule has 0 fully saturated rings. The van der Waals surface area contributed by atoms with Crippen molar-refractivity contribution in [1.82, 2.24) is 4.98 Å². The summed E-state index contributed by atoms with van der Waals surface area (Å²) in [5, 5.41) is 9.39. The Morgan fingerprint density at radius 3 is 3.05 bits per heavy atom. The van der Waals surface area contributed by atoms with E-state index < -0.39 is 5.82 Å². The third kappa shape index (κ3) is 3.51. The molecule has 100 valence electrons. The summed E-state index contributed by atoms with van der Waals surface area (Å²) in [5.41, 5.74) is 0.903. The van der Waals surface area contributed by atoms with Gasteiger partial charge in [-0.25, -0.2) is 9.37 Å². The van der Waals surface area contributed by atoms with Crippen LogP contribution in [0.1, 0.15) is 23.7 Å². The Morgan fingerprint density at radius 1 is 1.53 bits per heavy atom. The summed E-state index contributed by atoms with van der Waals surface area (Å²) < 4.78 is 13.2. The zero-order valence-corrected chi connectivity index (χ0v) is 11.3. The SMILES string of the molecule is CCCNc1ncc(F)cc1C(=O)Nc1ccsc1. The monoisotopic (exact) mass is 279 g/mol. The van der Waals surface area contributed by atoms with Crippen molar-refractivity contribution in [3.05, 3.63) is 40.5 Å². The van der Waals surface area contributed by atoms with E-state index in [1.807, 2.05) is 17.7 Å². The molecule has 0 saturated carbocycles. The molecule has 2 aromatic rings.